The van der Waals surface area contributed by atoms with E-state index in [1.165, 1.54) is 6.07 Å². The number of halogens is 3. The lowest BCUT2D eigenvalue weighted by Gasteiger charge is -2.08. The van der Waals surface area contributed by atoms with E-state index in [4.69, 9.17) is 0 Å². The molecule has 0 radical (unpaired) electrons. The average Bonchev–Trinajstić information content (AvgIpc) is 2.23. The first kappa shape index (κ1) is 11.3. The number of hydrogen-bond donors (Lipinski definition) is 0. The zero-order chi connectivity index (χ0) is 11.7. The monoisotopic (exact) mass is 282 g/mol. The molecule has 0 aliphatic heterocycles. The summed E-state index contributed by atoms with van der Waals surface area (Å²) in [6, 6.07) is 9.67. The van der Waals surface area contributed by atoms with E-state index >= 15 is 0 Å². The van der Waals surface area contributed by atoms with E-state index in [0.29, 0.717) is 11.1 Å². The molecule has 0 bridgehead atoms. The van der Waals surface area contributed by atoms with Crippen LogP contribution < -0.4 is 0 Å². The number of benzene rings is 2. The van der Waals surface area contributed by atoms with Gasteiger partial charge in [-0.2, -0.15) is 0 Å². The van der Waals surface area contributed by atoms with Crippen molar-refractivity contribution in [2.75, 3.05) is 0 Å². The molecule has 2 aromatic carbocycles. The first-order chi connectivity index (χ1) is 7.59. The van der Waals surface area contributed by atoms with Crippen molar-refractivity contribution in [2.45, 2.75) is 6.92 Å². The quantitative estimate of drug-likeness (QED) is 0.711. The normalized spacial score (nSPS) is 10.5. The van der Waals surface area contributed by atoms with Crippen LogP contribution in [0.2, 0.25) is 0 Å². The smallest absolute Gasteiger partial charge is 0.166 e. The highest BCUT2D eigenvalue weighted by atomic mass is 79.9. The van der Waals surface area contributed by atoms with Gasteiger partial charge in [0.1, 0.15) is 0 Å². The summed E-state index contributed by atoms with van der Waals surface area (Å²) in [4.78, 5) is 0. The molecule has 0 fully saturated rings. The van der Waals surface area contributed by atoms with Gasteiger partial charge in [-0.3, -0.25) is 0 Å². The Bertz CT molecular complexity index is 535. The highest BCUT2D eigenvalue weighted by Gasteiger charge is 2.11. The van der Waals surface area contributed by atoms with E-state index in [1.807, 2.05) is 19.1 Å². The SMILES string of the molecule is Cc1cc(Br)ccc1-c1cccc(F)c1F. The lowest BCUT2D eigenvalue weighted by molar-refractivity contribution is 0.511. The number of rotatable bonds is 1. The first-order valence-corrected chi connectivity index (χ1v) is 5.59. The summed E-state index contributed by atoms with van der Waals surface area (Å²) in [5, 5.41) is 0. The Hall–Kier alpha value is -1.22. The fraction of sp³-hybridized carbons (Fsp3) is 0.0769. The van der Waals surface area contributed by atoms with E-state index in [-0.39, 0.29) is 0 Å². The van der Waals surface area contributed by atoms with E-state index in [9.17, 15) is 8.78 Å². The lowest BCUT2D eigenvalue weighted by Crippen LogP contribution is -1.91. The number of hydrogen-bond acceptors (Lipinski definition) is 0. The van der Waals surface area contributed by atoms with Gasteiger partial charge in [0.25, 0.3) is 0 Å². The molecule has 0 atom stereocenters. The molecular formula is C13H9BrF2. The molecule has 0 amide bonds. The average molecular weight is 283 g/mol. The Morgan fingerprint density at radius 3 is 2.44 bits per heavy atom. The van der Waals surface area contributed by atoms with Gasteiger partial charge in [-0.25, -0.2) is 8.78 Å². The Kier molecular flexibility index (Phi) is 3.06. The van der Waals surface area contributed by atoms with Crippen LogP contribution in [0.5, 0.6) is 0 Å². The Balaban J connectivity index is 2.63. The summed E-state index contributed by atoms with van der Waals surface area (Å²) in [6.07, 6.45) is 0. The zero-order valence-corrected chi connectivity index (χ0v) is 10.2. The van der Waals surface area contributed by atoms with Gasteiger partial charge >= 0.3 is 0 Å². The summed E-state index contributed by atoms with van der Waals surface area (Å²) in [7, 11) is 0. The molecule has 3 heteroatoms. The second kappa shape index (κ2) is 4.34. The van der Waals surface area contributed by atoms with Gasteiger partial charge in [0.05, 0.1) is 0 Å². The summed E-state index contributed by atoms with van der Waals surface area (Å²) < 4.78 is 27.6. The van der Waals surface area contributed by atoms with Crippen molar-refractivity contribution >= 4 is 15.9 Å². The highest BCUT2D eigenvalue weighted by molar-refractivity contribution is 9.10. The molecule has 0 N–H and O–H groups in total. The van der Waals surface area contributed by atoms with Crippen molar-refractivity contribution in [1.29, 1.82) is 0 Å². The molecule has 0 heterocycles. The molecule has 0 unspecified atom stereocenters. The molecular weight excluding hydrogens is 274 g/mol. The minimum absolute atomic E-state index is 0.296. The standard InChI is InChI=1S/C13H9BrF2/c1-8-7-9(14)5-6-10(8)11-3-2-4-12(15)13(11)16/h2-7H,1H3. The van der Waals surface area contributed by atoms with Gasteiger partial charge < -0.3 is 0 Å². The summed E-state index contributed by atoms with van der Waals surface area (Å²) >= 11 is 3.33. The van der Waals surface area contributed by atoms with Crippen LogP contribution in [0.15, 0.2) is 40.9 Å². The predicted molar refractivity (Wildman–Crippen MR) is 64.2 cm³/mol. The minimum atomic E-state index is -0.820. The van der Waals surface area contributed by atoms with E-state index in [2.05, 4.69) is 15.9 Å². The van der Waals surface area contributed by atoms with E-state index in [0.717, 1.165) is 16.1 Å². The maximum Gasteiger partial charge on any atom is 0.166 e. The van der Waals surface area contributed by atoms with Gasteiger partial charge in [-0.1, -0.05) is 34.1 Å². The minimum Gasteiger partial charge on any atom is -0.204 e. The van der Waals surface area contributed by atoms with Crippen LogP contribution in [-0.4, -0.2) is 0 Å². The molecule has 0 saturated carbocycles. The predicted octanol–water partition coefficient (Wildman–Crippen LogP) is 4.70. The molecule has 0 aliphatic carbocycles. The third kappa shape index (κ3) is 2.00. The Labute approximate surface area is 101 Å². The molecule has 0 aliphatic rings. The Morgan fingerprint density at radius 2 is 1.75 bits per heavy atom. The summed E-state index contributed by atoms with van der Waals surface area (Å²) in [5.74, 6) is -1.62. The first-order valence-electron chi connectivity index (χ1n) is 4.80. The number of aryl methyl sites for hydroxylation is 1. The fourth-order valence-electron chi connectivity index (χ4n) is 1.64. The van der Waals surface area contributed by atoms with Crippen molar-refractivity contribution in [2.24, 2.45) is 0 Å². The van der Waals surface area contributed by atoms with Gasteiger partial charge in [0.2, 0.25) is 0 Å². The van der Waals surface area contributed by atoms with E-state index in [1.54, 1.807) is 12.1 Å². The summed E-state index contributed by atoms with van der Waals surface area (Å²) in [5.41, 5.74) is 1.91. The topological polar surface area (TPSA) is 0 Å². The van der Waals surface area contributed by atoms with Crippen LogP contribution in [0.3, 0.4) is 0 Å². The Morgan fingerprint density at radius 1 is 1.00 bits per heavy atom. The van der Waals surface area contributed by atoms with Crippen LogP contribution >= 0.6 is 15.9 Å². The maximum atomic E-state index is 13.6. The molecule has 0 spiro atoms. The van der Waals surface area contributed by atoms with Crippen molar-refractivity contribution in [1.82, 2.24) is 0 Å². The van der Waals surface area contributed by atoms with Gasteiger partial charge in [-0.15, -0.1) is 0 Å². The highest BCUT2D eigenvalue weighted by Crippen LogP contribution is 2.29. The van der Waals surface area contributed by atoms with Crippen LogP contribution in [0.4, 0.5) is 8.78 Å². The van der Waals surface area contributed by atoms with Crippen molar-refractivity contribution < 1.29 is 8.78 Å². The maximum absolute atomic E-state index is 13.6. The molecule has 2 rings (SSSR count). The second-order valence-electron chi connectivity index (χ2n) is 3.56. The summed E-state index contributed by atoms with van der Waals surface area (Å²) in [6.45, 7) is 1.87. The van der Waals surface area contributed by atoms with Crippen LogP contribution in [0.25, 0.3) is 11.1 Å². The van der Waals surface area contributed by atoms with Crippen molar-refractivity contribution in [3.63, 3.8) is 0 Å². The molecule has 0 nitrogen and oxygen atoms in total. The molecule has 2 aromatic rings. The third-order valence-corrected chi connectivity index (χ3v) is 2.92. The largest absolute Gasteiger partial charge is 0.204 e. The van der Waals surface area contributed by atoms with E-state index < -0.39 is 11.6 Å². The zero-order valence-electron chi connectivity index (χ0n) is 8.60. The van der Waals surface area contributed by atoms with Crippen molar-refractivity contribution in [3.05, 3.63) is 58.1 Å². The second-order valence-corrected chi connectivity index (χ2v) is 4.48. The fourth-order valence-corrected chi connectivity index (χ4v) is 2.12. The third-order valence-electron chi connectivity index (χ3n) is 2.43. The molecule has 82 valence electrons. The van der Waals surface area contributed by atoms with Crippen LogP contribution in [0, 0.1) is 18.6 Å². The molecule has 16 heavy (non-hydrogen) atoms. The lowest BCUT2D eigenvalue weighted by atomic mass is 10.0. The van der Waals surface area contributed by atoms with Crippen LogP contribution in [-0.2, 0) is 0 Å². The molecule has 0 saturated heterocycles. The van der Waals surface area contributed by atoms with Crippen LogP contribution in [0.1, 0.15) is 5.56 Å². The van der Waals surface area contributed by atoms with Gasteiger partial charge in [0, 0.05) is 10.0 Å². The van der Waals surface area contributed by atoms with Gasteiger partial charge in [-0.05, 0) is 36.2 Å². The van der Waals surface area contributed by atoms with Crippen molar-refractivity contribution in [3.8, 4) is 11.1 Å². The molecule has 0 aromatic heterocycles. The van der Waals surface area contributed by atoms with Gasteiger partial charge in [0.15, 0.2) is 11.6 Å².